The average molecular weight is 527 g/mol. The van der Waals surface area contributed by atoms with Gasteiger partial charge in [0.05, 0.1) is 25.3 Å². The van der Waals surface area contributed by atoms with Gasteiger partial charge < -0.3 is 15.0 Å². The summed E-state index contributed by atoms with van der Waals surface area (Å²) in [6, 6.07) is 18.0. The van der Waals surface area contributed by atoms with Crippen molar-refractivity contribution in [2.24, 2.45) is 10.1 Å². The number of rotatable bonds is 11. The van der Waals surface area contributed by atoms with Crippen LogP contribution in [0.25, 0.3) is 0 Å². The van der Waals surface area contributed by atoms with Crippen molar-refractivity contribution in [2.75, 3.05) is 25.1 Å². The number of amides is 1. The molecule has 2 atom stereocenters. The predicted molar refractivity (Wildman–Crippen MR) is 152 cm³/mol. The van der Waals surface area contributed by atoms with Crippen LogP contribution in [-0.2, 0) is 4.79 Å². The lowest BCUT2D eigenvalue weighted by molar-refractivity contribution is -0.119. The number of aliphatic imine (C=N–C) groups is 1. The van der Waals surface area contributed by atoms with Gasteiger partial charge >= 0.3 is 0 Å². The van der Waals surface area contributed by atoms with Gasteiger partial charge in [-0.1, -0.05) is 26.0 Å². The maximum absolute atomic E-state index is 11.4. The van der Waals surface area contributed by atoms with E-state index in [9.17, 15) is 10.1 Å². The number of benzene rings is 2. The molecule has 1 N–H and O–H groups in total. The Morgan fingerprint density at radius 1 is 1.21 bits per heavy atom. The molecule has 202 valence electrons. The molecule has 0 aliphatic carbocycles. The van der Waals surface area contributed by atoms with Crippen LogP contribution < -0.4 is 15.0 Å². The number of aromatic nitrogens is 3. The lowest BCUT2D eigenvalue weighted by Gasteiger charge is -2.29. The minimum absolute atomic E-state index is 0.0996. The minimum Gasteiger partial charge on any atom is -0.496 e. The number of nitrogens with zero attached hydrogens (tertiary/aromatic N) is 7. The molecule has 2 heterocycles. The summed E-state index contributed by atoms with van der Waals surface area (Å²) in [5.41, 5.74) is 3.77. The van der Waals surface area contributed by atoms with Crippen LogP contribution in [-0.4, -0.2) is 58.4 Å². The summed E-state index contributed by atoms with van der Waals surface area (Å²) >= 11 is 0. The van der Waals surface area contributed by atoms with Crippen molar-refractivity contribution in [2.45, 2.75) is 52.5 Å². The Hall–Kier alpha value is -4.52. The van der Waals surface area contributed by atoms with E-state index in [0.717, 1.165) is 29.9 Å². The third kappa shape index (κ3) is 6.14. The van der Waals surface area contributed by atoms with Gasteiger partial charge in [0, 0.05) is 43.2 Å². The van der Waals surface area contributed by atoms with Crippen molar-refractivity contribution in [1.82, 2.24) is 20.2 Å². The molecule has 2 aromatic carbocycles. The Kier molecular flexibility index (Phi) is 8.71. The van der Waals surface area contributed by atoms with E-state index in [1.54, 1.807) is 7.11 Å². The monoisotopic (exact) mass is 526 g/mol. The first-order valence-electron chi connectivity index (χ1n) is 13.1. The van der Waals surface area contributed by atoms with Crippen molar-refractivity contribution in [3.8, 4) is 11.8 Å². The molecular formula is C29H34N8O2. The van der Waals surface area contributed by atoms with E-state index >= 15 is 0 Å². The molecular weight excluding hydrogens is 492 g/mol. The Labute approximate surface area is 229 Å². The Balaban J connectivity index is 1.73. The zero-order chi connectivity index (χ0) is 27.9. The van der Waals surface area contributed by atoms with Gasteiger partial charge in [0.1, 0.15) is 17.2 Å². The van der Waals surface area contributed by atoms with Crippen molar-refractivity contribution in [1.29, 1.82) is 5.26 Å². The maximum atomic E-state index is 11.4. The Morgan fingerprint density at radius 3 is 2.62 bits per heavy atom. The van der Waals surface area contributed by atoms with Crippen LogP contribution in [0.5, 0.6) is 5.75 Å². The van der Waals surface area contributed by atoms with E-state index in [2.05, 4.69) is 35.2 Å². The van der Waals surface area contributed by atoms with E-state index in [1.807, 2.05) is 55.5 Å². The maximum Gasteiger partial charge on any atom is 0.216 e. The van der Waals surface area contributed by atoms with Crippen molar-refractivity contribution in [3.05, 3.63) is 65.7 Å². The molecule has 1 aromatic heterocycles. The van der Waals surface area contributed by atoms with Crippen LogP contribution in [0.2, 0.25) is 0 Å². The largest absolute Gasteiger partial charge is 0.496 e. The van der Waals surface area contributed by atoms with E-state index in [1.165, 1.54) is 11.7 Å². The number of carbonyl (C=O) groups is 1. The number of nitriles is 1. The quantitative estimate of drug-likeness (QED) is 0.395. The summed E-state index contributed by atoms with van der Waals surface area (Å²) in [7, 11) is 1.62. The van der Waals surface area contributed by atoms with E-state index < -0.39 is 0 Å². The van der Waals surface area contributed by atoms with E-state index in [0.29, 0.717) is 41.8 Å². The van der Waals surface area contributed by atoms with Crippen molar-refractivity contribution >= 4 is 28.7 Å². The molecule has 0 bridgehead atoms. The normalized spacial score (nSPS) is 14.8. The SMILES string of the molecule is CCCN(c1ccc(N=C2C(c3ccccc3OC)=Nn3nc(C(C)CNC(C)=O)nc32)cc1)C(C)CC#N. The summed E-state index contributed by atoms with van der Waals surface area (Å²) in [4.78, 5) is 24.9. The zero-order valence-electron chi connectivity index (χ0n) is 23.0. The first-order chi connectivity index (χ1) is 18.9. The van der Waals surface area contributed by atoms with Gasteiger partial charge in [0.15, 0.2) is 5.82 Å². The average Bonchev–Trinajstić information content (AvgIpc) is 3.50. The van der Waals surface area contributed by atoms with Crippen molar-refractivity contribution < 1.29 is 9.53 Å². The third-order valence-electron chi connectivity index (χ3n) is 6.50. The van der Waals surface area contributed by atoms with Gasteiger partial charge in [-0.25, -0.2) is 9.98 Å². The molecule has 1 aliphatic heterocycles. The lowest BCUT2D eigenvalue weighted by atomic mass is 10.0. The minimum atomic E-state index is -0.102. The summed E-state index contributed by atoms with van der Waals surface area (Å²) < 4.78 is 5.60. The first-order valence-corrected chi connectivity index (χ1v) is 13.1. The number of para-hydroxylation sites is 1. The molecule has 0 saturated carbocycles. The molecule has 3 aromatic rings. The van der Waals surface area contributed by atoms with Gasteiger partial charge in [0.25, 0.3) is 0 Å². The smallest absolute Gasteiger partial charge is 0.216 e. The fourth-order valence-corrected chi connectivity index (χ4v) is 4.44. The number of hydrogen-bond acceptors (Lipinski definition) is 8. The molecule has 1 aliphatic rings. The number of hydrogen-bond donors (Lipinski definition) is 1. The van der Waals surface area contributed by atoms with Gasteiger partial charge in [0.2, 0.25) is 11.7 Å². The molecule has 0 fully saturated rings. The Morgan fingerprint density at radius 2 is 1.95 bits per heavy atom. The lowest BCUT2D eigenvalue weighted by Crippen LogP contribution is -2.33. The molecule has 1 amide bonds. The molecule has 0 saturated heterocycles. The highest BCUT2D eigenvalue weighted by Crippen LogP contribution is 2.28. The summed E-state index contributed by atoms with van der Waals surface area (Å²) in [6.45, 7) is 8.93. The second kappa shape index (κ2) is 12.3. The fourth-order valence-electron chi connectivity index (χ4n) is 4.44. The molecule has 2 unspecified atom stereocenters. The van der Waals surface area contributed by atoms with Crippen LogP contribution in [0.15, 0.2) is 58.6 Å². The van der Waals surface area contributed by atoms with Gasteiger partial charge in [-0.15, -0.1) is 15.0 Å². The summed E-state index contributed by atoms with van der Waals surface area (Å²) in [6.07, 6.45) is 1.44. The number of carbonyl (C=O) groups excluding carboxylic acids is 1. The summed E-state index contributed by atoms with van der Waals surface area (Å²) in [5, 5.41) is 21.3. The topological polar surface area (TPSA) is 121 Å². The number of fused-ring (bicyclic) bond motifs is 1. The van der Waals surface area contributed by atoms with Crippen LogP contribution in [0, 0.1) is 11.3 Å². The molecule has 10 nitrogen and oxygen atoms in total. The van der Waals surface area contributed by atoms with Crippen LogP contribution >= 0.6 is 0 Å². The van der Waals surface area contributed by atoms with Crippen molar-refractivity contribution in [3.63, 3.8) is 0 Å². The number of ether oxygens (including phenoxy) is 1. The fraction of sp³-hybridized carbons (Fsp3) is 0.379. The van der Waals surface area contributed by atoms with Crippen LogP contribution in [0.3, 0.4) is 0 Å². The summed E-state index contributed by atoms with van der Waals surface area (Å²) in [5.74, 6) is 1.57. The standard InChI is InChI=1S/C29H34N8O2/c1-6-17-36(20(3)15-16-30)23-13-11-22(12-14-23)32-27-26(24-9-7-8-10-25(24)39-5)34-37-29(27)33-28(35-37)19(2)18-31-21(4)38/h7-14,19-20H,6,15,17-18H2,1-5H3,(H,31,38). The number of nitrogens with one attached hydrogen (secondary N) is 1. The first kappa shape index (κ1) is 27.5. The molecule has 4 rings (SSSR count). The second-order valence-electron chi connectivity index (χ2n) is 9.55. The molecule has 0 spiro atoms. The third-order valence-corrected chi connectivity index (χ3v) is 6.50. The van der Waals surface area contributed by atoms with E-state index in [-0.39, 0.29) is 17.9 Å². The van der Waals surface area contributed by atoms with E-state index in [4.69, 9.17) is 19.8 Å². The highest BCUT2D eigenvalue weighted by atomic mass is 16.5. The van der Waals surface area contributed by atoms with Gasteiger partial charge in [-0.2, -0.15) is 5.26 Å². The van der Waals surface area contributed by atoms with Gasteiger partial charge in [-0.3, -0.25) is 4.79 Å². The Bertz CT molecular complexity index is 1420. The van der Waals surface area contributed by atoms with Crippen LogP contribution in [0.4, 0.5) is 11.4 Å². The highest BCUT2D eigenvalue weighted by molar-refractivity contribution is 6.54. The second-order valence-corrected chi connectivity index (χ2v) is 9.55. The highest BCUT2D eigenvalue weighted by Gasteiger charge is 2.31. The molecule has 0 radical (unpaired) electrons. The molecule has 10 heteroatoms. The number of anilines is 1. The predicted octanol–water partition coefficient (Wildman–Crippen LogP) is 4.43. The van der Waals surface area contributed by atoms with Crippen LogP contribution in [0.1, 0.15) is 63.7 Å². The molecule has 39 heavy (non-hydrogen) atoms. The van der Waals surface area contributed by atoms with Gasteiger partial charge in [-0.05, 0) is 49.7 Å². The number of methoxy groups -OCH3 is 1. The zero-order valence-corrected chi connectivity index (χ0v) is 23.0.